The van der Waals surface area contributed by atoms with E-state index in [1.165, 1.54) is 11.4 Å². The van der Waals surface area contributed by atoms with Crippen molar-refractivity contribution in [3.63, 3.8) is 0 Å². The number of rotatable bonds is 4. The van der Waals surface area contributed by atoms with Crippen molar-refractivity contribution >= 4 is 5.82 Å². The molecule has 0 aliphatic carbocycles. The maximum Gasteiger partial charge on any atom is 0.130 e. The van der Waals surface area contributed by atoms with Crippen molar-refractivity contribution in [3.05, 3.63) is 11.3 Å². The minimum atomic E-state index is 0.229. The van der Waals surface area contributed by atoms with Gasteiger partial charge in [-0.15, -0.1) is 0 Å². The molecule has 1 heterocycles. The lowest BCUT2D eigenvalue weighted by Crippen LogP contribution is -2.40. The standard InChI is InChI=1S/C14H28N4/c1-10-12(8-9-15)13(18(7)16-10)17(6)11(2)14(3,4)5/h11H,8-9,15H2,1-7H3. The Labute approximate surface area is 111 Å². The SMILES string of the molecule is Cc1nn(C)c(N(C)C(C)C(C)(C)C)c1CCN. The van der Waals surface area contributed by atoms with Gasteiger partial charge in [0.2, 0.25) is 0 Å². The Bertz CT molecular complexity index is 401. The quantitative estimate of drug-likeness (QED) is 0.892. The highest BCUT2D eigenvalue weighted by Gasteiger charge is 2.27. The number of aromatic nitrogens is 2. The van der Waals surface area contributed by atoms with Gasteiger partial charge in [0.1, 0.15) is 5.82 Å². The fourth-order valence-electron chi connectivity index (χ4n) is 2.33. The Hall–Kier alpha value is -1.03. The second-order valence-corrected chi connectivity index (χ2v) is 6.20. The molecule has 1 rings (SSSR count). The fraction of sp³-hybridized carbons (Fsp3) is 0.786. The first-order chi connectivity index (χ1) is 8.20. The summed E-state index contributed by atoms with van der Waals surface area (Å²) in [6.45, 7) is 11.8. The van der Waals surface area contributed by atoms with Crippen molar-refractivity contribution < 1.29 is 0 Å². The number of hydrogen-bond acceptors (Lipinski definition) is 3. The second-order valence-electron chi connectivity index (χ2n) is 6.20. The average molecular weight is 252 g/mol. The van der Waals surface area contributed by atoms with Gasteiger partial charge in [-0.2, -0.15) is 5.10 Å². The zero-order valence-corrected chi connectivity index (χ0v) is 12.9. The Morgan fingerprint density at radius 3 is 2.39 bits per heavy atom. The van der Waals surface area contributed by atoms with E-state index in [0.717, 1.165) is 12.1 Å². The molecule has 1 aromatic heterocycles. The van der Waals surface area contributed by atoms with Gasteiger partial charge < -0.3 is 10.6 Å². The molecule has 0 aromatic carbocycles. The highest BCUT2D eigenvalue weighted by atomic mass is 15.4. The van der Waals surface area contributed by atoms with Crippen molar-refractivity contribution in [1.29, 1.82) is 0 Å². The van der Waals surface area contributed by atoms with Crippen LogP contribution in [0, 0.1) is 12.3 Å². The molecule has 0 spiro atoms. The van der Waals surface area contributed by atoms with E-state index in [1.807, 2.05) is 11.7 Å². The van der Waals surface area contributed by atoms with Crippen LogP contribution in [0.3, 0.4) is 0 Å². The zero-order chi connectivity index (χ0) is 14.1. The molecule has 18 heavy (non-hydrogen) atoms. The first kappa shape index (κ1) is 15.0. The van der Waals surface area contributed by atoms with Gasteiger partial charge in [-0.3, -0.25) is 4.68 Å². The molecule has 4 heteroatoms. The highest BCUT2D eigenvalue weighted by molar-refractivity contribution is 5.50. The van der Waals surface area contributed by atoms with Crippen LogP contribution in [0.4, 0.5) is 5.82 Å². The third-order valence-electron chi connectivity index (χ3n) is 3.88. The number of hydrogen-bond donors (Lipinski definition) is 1. The predicted molar refractivity (Wildman–Crippen MR) is 78.0 cm³/mol. The summed E-state index contributed by atoms with van der Waals surface area (Å²) in [6, 6.07) is 0.434. The van der Waals surface area contributed by atoms with Crippen LogP contribution >= 0.6 is 0 Å². The normalized spacial score (nSPS) is 13.8. The van der Waals surface area contributed by atoms with Gasteiger partial charge in [-0.1, -0.05) is 20.8 Å². The minimum absolute atomic E-state index is 0.229. The molecule has 1 atom stereocenters. The van der Waals surface area contributed by atoms with E-state index in [1.54, 1.807) is 0 Å². The van der Waals surface area contributed by atoms with Crippen LogP contribution in [0.25, 0.3) is 0 Å². The van der Waals surface area contributed by atoms with E-state index in [-0.39, 0.29) is 5.41 Å². The van der Waals surface area contributed by atoms with Crippen molar-refractivity contribution in [2.75, 3.05) is 18.5 Å². The molecule has 0 aliphatic heterocycles. The molecule has 0 saturated carbocycles. The molecule has 0 saturated heterocycles. The topological polar surface area (TPSA) is 47.1 Å². The van der Waals surface area contributed by atoms with E-state index in [0.29, 0.717) is 12.6 Å². The first-order valence-electron chi connectivity index (χ1n) is 6.65. The summed E-state index contributed by atoms with van der Waals surface area (Å²) in [7, 11) is 4.15. The summed E-state index contributed by atoms with van der Waals surface area (Å²) < 4.78 is 1.97. The van der Waals surface area contributed by atoms with Crippen molar-refractivity contribution in [3.8, 4) is 0 Å². The van der Waals surface area contributed by atoms with Crippen LogP contribution in [0.2, 0.25) is 0 Å². The van der Waals surface area contributed by atoms with Gasteiger partial charge in [0, 0.05) is 25.7 Å². The van der Waals surface area contributed by atoms with E-state index >= 15 is 0 Å². The summed E-state index contributed by atoms with van der Waals surface area (Å²) in [4.78, 5) is 2.32. The molecule has 0 fully saturated rings. The Morgan fingerprint density at radius 1 is 1.39 bits per heavy atom. The molecular formula is C14H28N4. The third-order valence-corrected chi connectivity index (χ3v) is 3.88. The van der Waals surface area contributed by atoms with Crippen LogP contribution in [-0.2, 0) is 13.5 Å². The van der Waals surface area contributed by atoms with Crippen LogP contribution < -0.4 is 10.6 Å². The first-order valence-corrected chi connectivity index (χ1v) is 6.65. The fourth-order valence-corrected chi connectivity index (χ4v) is 2.33. The van der Waals surface area contributed by atoms with Crippen LogP contribution in [-0.4, -0.2) is 29.4 Å². The second kappa shape index (κ2) is 5.31. The minimum Gasteiger partial charge on any atom is -0.356 e. The van der Waals surface area contributed by atoms with E-state index < -0.39 is 0 Å². The highest BCUT2D eigenvalue weighted by Crippen LogP contribution is 2.30. The molecule has 1 aromatic rings. The number of nitrogens with two attached hydrogens (primary N) is 1. The Kier molecular flexibility index (Phi) is 4.43. The van der Waals surface area contributed by atoms with Crippen molar-refractivity contribution in [2.24, 2.45) is 18.2 Å². The third kappa shape index (κ3) is 2.86. The Morgan fingerprint density at radius 2 is 1.94 bits per heavy atom. The average Bonchev–Trinajstić information content (AvgIpc) is 2.51. The lowest BCUT2D eigenvalue weighted by molar-refractivity contribution is 0.326. The molecule has 0 radical (unpaired) electrons. The molecule has 104 valence electrons. The van der Waals surface area contributed by atoms with Gasteiger partial charge >= 0.3 is 0 Å². The summed E-state index contributed by atoms with van der Waals surface area (Å²) >= 11 is 0. The molecule has 0 bridgehead atoms. The van der Waals surface area contributed by atoms with Gasteiger partial charge in [0.15, 0.2) is 0 Å². The van der Waals surface area contributed by atoms with E-state index in [2.05, 4.69) is 51.7 Å². The molecule has 0 amide bonds. The van der Waals surface area contributed by atoms with Gasteiger partial charge in [0.05, 0.1) is 5.69 Å². The summed E-state index contributed by atoms with van der Waals surface area (Å²) in [5.74, 6) is 1.19. The Balaban J connectivity index is 3.16. The van der Waals surface area contributed by atoms with Crippen molar-refractivity contribution in [1.82, 2.24) is 9.78 Å². The molecule has 2 N–H and O–H groups in total. The maximum atomic E-state index is 5.71. The zero-order valence-electron chi connectivity index (χ0n) is 12.9. The van der Waals surface area contributed by atoms with Crippen LogP contribution in [0.15, 0.2) is 0 Å². The summed E-state index contributed by atoms with van der Waals surface area (Å²) in [5.41, 5.74) is 8.31. The summed E-state index contributed by atoms with van der Waals surface area (Å²) in [6.07, 6.45) is 0.885. The molecular weight excluding hydrogens is 224 g/mol. The van der Waals surface area contributed by atoms with Crippen LogP contribution in [0.1, 0.15) is 39.0 Å². The maximum absolute atomic E-state index is 5.71. The lowest BCUT2D eigenvalue weighted by atomic mass is 9.87. The molecule has 0 aliphatic rings. The predicted octanol–water partition coefficient (Wildman–Crippen LogP) is 2.10. The number of nitrogens with zero attached hydrogens (tertiary/aromatic N) is 3. The van der Waals surface area contributed by atoms with E-state index in [4.69, 9.17) is 5.73 Å². The van der Waals surface area contributed by atoms with Gasteiger partial charge in [-0.05, 0) is 32.2 Å². The lowest BCUT2D eigenvalue weighted by Gasteiger charge is -2.37. The van der Waals surface area contributed by atoms with Crippen molar-refractivity contribution in [2.45, 2.75) is 47.1 Å². The van der Waals surface area contributed by atoms with Gasteiger partial charge in [0.25, 0.3) is 0 Å². The molecule has 4 nitrogen and oxygen atoms in total. The monoisotopic (exact) mass is 252 g/mol. The van der Waals surface area contributed by atoms with E-state index in [9.17, 15) is 0 Å². The van der Waals surface area contributed by atoms with Crippen LogP contribution in [0.5, 0.6) is 0 Å². The largest absolute Gasteiger partial charge is 0.356 e. The summed E-state index contributed by atoms with van der Waals surface area (Å²) in [5, 5.41) is 4.53. The molecule has 1 unspecified atom stereocenters. The number of anilines is 1. The van der Waals surface area contributed by atoms with Gasteiger partial charge in [-0.25, -0.2) is 0 Å². The number of aryl methyl sites for hydroxylation is 2. The smallest absolute Gasteiger partial charge is 0.130 e.